The van der Waals surface area contributed by atoms with Gasteiger partial charge < -0.3 is 5.32 Å². The quantitative estimate of drug-likeness (QED) is 0.319. The van der Waals surface area contributed by atoms with Gasteiger partial charge in [0.15, 0.2) is 5.84 Å². The number of nitrogens with two attached hydrogens (primary N) is 1. The Kier molecular flexibility index (Phi) is 6.39. The molecule has 11 heteroatoms. The zero-order valence-electron chi connectivity index (χ0n) is 14.3. The van der Waals surface area contributed by atoms with Crippen LogP contribution in [0, 0.1) is 17.1 Å². The van der Waals surface area contributed by atoms with Gasteiger partial charge in [0.1, 0.15) is 28.9 Å². The summed E-state index contributed by atoms with van der Waals surface area (Å²) < 4.78 is 53.7. The van der Waals surface area contributed by atoms with Crippen LogP contribution in [-0.4, -0.2) is 23.1 Å². The van der Waals surface area contributed by atoms with Gasteiger partial charge >= 0.3 is 6.18 Å². The van der Waals surface area contributed by atoms with Crippen molar-refractivity contribution in [2.24, 2.45) is 10.8 Å². The molecule has 148 valence electrons. The maximum atomic E-state index is 14.4. The molecule has 1 aromatic carbocycles. The number of alkyl halides is 3. The molecule has 0 bridgehead atoms. The first kappa shape index (κ1) is 21.8. The number of amidine groups is 1. The van der Waals surface area contributed by atoms with Gasteiger partial charge in [0.05, 0.1) is 16.2 Å². The molecule has 28 heavy (non-hydrogen) atoms. The second-order valence-electron chi connectivity index (χ2n) is 5.53. The van der Waals surface area contributed by atoms with Crippen molar-refractivity contribution in [1.82, 2.24) is 10.3 Å². The van der Waals surface area contributed by atoms with E-state index in [4.69, 9.17) is 29.0 Å². The first-order valence-corrected chi connectivity index (χ1v) is 8.36. The Morgan fingerprint density at radius 1 is 1.43 bits per heavy atom. The zero-order valence-corrected chi connectivity index (χ0v) is 15.8. The lowest BCUT2D eigenvalue weighted by Crippen LogP contribution is -2.47. The van der Waals surface area contributed by atoms with E-state index in [1.807, 2.05) is 0 Å². The first-order chi connectivity index (χ1) is 13.0. The van der Waals surface area contributed by atoms with Crippen LogP contribution in [0.15, 0.2) is 52.4 Å². The van der Waals surface area contributed by atoms with E-state index >= 15 is 0 Å². The first-order valence-electron chi connectivity index (χ1n) is 7.60. The summed E-state index contributed by atoms with van der Waals surface area (Å²) in [6, 6.07) is 3.28. The topological polar surface area (TPSA) is 77.4 Å². The molecule has 1 aromatic rings. The predicted octanol–water partition coefficient (Wildman–Crippen LogP) is 4.44. The lowest BCUT2D eigenvalue weighted by Gasteiger charge is -2.33. The molecule has 0 radical (unpaired) electrons. The number of nitrogens with one attached hydrogen (secondary N) is 1. The number of rotatable bonds is 3. The third-order valence-corrected chi connectivity index (χ3v) is 4.32. The van der Waals surface area contributed by atoms with Gasteiger partial charge in [-0.2, -0.15) is 18.4 Å². The van der Waals surface area contributed by atoms with E-state index in [9.17, 15) is 22.8 Å². The third kappa shape index (κ3) is 4.14. The summed E-state index contributed by atoms with van der Waals surface area (Å²) in [5.74, 6) is 4.37. The van der Waals surface area contributed by atoms with Crippen molar-refractivity contribution >= 4 is 34.6 Å². The fraction of sp³-hybridized carbons (Fsp3) is 0.176. The van der Waals surface area contributed by atoms with Crippen LogP contribution in [0.3, 0.4) is 0 Å². The fourth-order valence-corrected chi connectivity index (χ4v) is 2.81. The van der Waals surface area contributed by atoms with E-state index in [1.165, 1.54) is 12.1 Å². The Hall–Kier alpha value is -2.54. The maximum Gasteiger partial charge on any atom is 0.410 e. The number of hydrogen-bond acceptors (Lipinski definition) is 4. The van der Waals surface area contributed by atoms with E-state index < -0.39 is 23.9 Å². The van der Waals surface area contributed by atoms with Gasteiger partial charge in [-0.3, -0.25) is 4.99 Å². The predicted molar refractivity (Wildman–Crippen MR) is 99.1 cm³/mol. The van der Waals surface area contributed by atoms with Crippen LogP contribution < -0.4 is 11.2 Å². The molecule has 1 aliphatic heterocycles. The average molecular weight is 434 g/mol. The summed E-state index contributed by atoms with van der Waals surface area (Å²) in [7, 11) is 0. The number of hydrazine groups is 1. The van der Waals surface area contributed by atoms with Crippen LogP contribution in [0.5, 0.6) is 0 Å². The number of benzene rings is 1. The Bertz CT molecular complexity index is 924. The van der Waals surface area contributed by atoms with Gasteiger partial charge in [0, 0.05) is 5.56 Å². The molecule has 0 spiro atoms. The van der Waals surface area contributed by atoms with Crippen molar-refractivity contribution in [3.8, 4) is 6.07 Å². The van der Waals surface area contributed by atoms with Crippen LogP contribution in [-0.2, 0) is 0 Å². The Labute approximate surface area is 168 Å². The minimum absolute atomic E-state index is 0.118. The number of hydrogen-bond donors (Lipinski definition) is 2. The van der Waals surface area contributed by atoms with Gasteiger partial charge in [-0.15, -0.1) is 0 Å². The van der Waals surface area contributed by atoms with E-state index in [0.29, 0.717) is 5.01 Å². The lowest BCUT2D eigenvalue weighted by molar-refractivity contribution is -0.142. The second-order valence-corrected chi connectivity index (χ2v) is 6.31. The maximum absolute atomic E-state index is 14.4. The van der Waals surface area contributed by atoms with Gasteiger partial charge in [-0.25, -0.2) is 15.2 Å². The standard InChI is InChI=1S/C17H13Cl2F4N5/c1-3-9(7-24)15-27-14(19)13(12-10(18)5-4-6-11(12)20)16(28(15)25)26-8(2)17(21,22)23/h3-6,8,27H,1,25H2,2H3/b15-9+,26-16?/t8-/m0/s1. The highest BCUT2D eigenvalue weighted by Gasteiger charge is 2.39. The van der Waals surface area contributed by atoms with Crippen LogP contribution >= 0.6 is 23.2 Å². The lowest BCUT2D eigenvalue weighted by atomic mass is 10.0. The molecular weight excluding hydrogens is 421 g/mol. The van der Waals surface area contributed by atoms with Crippen molar-refractivity contribution in [1.29, 1.82) is 5.26 Å². The second kappa shape index (κ2) is 8.22. The summed E-state index contributed by atoms with van der Waals surface area (Å²) in [5, 5.41) is 12.0. The van der Waals surface area contributed by atoms with Crippen molar-refractivity contribution in [3.05, 3.63) is 63.8 Å². The van der Waals surface area contributed by atoms with E-state index in [0.717, 1.165) is 19.1 Å². The molecule has 2 rings (SSSR count). The molecule has 0 fully saturated rings. The molecule has 0 saturated carbocycles. The van der Waals surface area contributed by atoms with Crippen LogP contribution in [0.4, 0.5) is 17.6 Å². The number of allylic oxidation sites excluding steroid dienone is 2. The molecule has 0 saturated heterocycles. The molecule has 3 N–H and O–H groups in total. The SMILES string of the molecule is C=C/C(C#N)=C1/NC(Cl)=C(c2c(F)cccc2Cl)C(=N[C@@H](C)C(F)(F)F)N1N. The van der Waals surface area contributed by atoms with Crippen molar-refractivity contribution in [3.63, 3.8) is 0 Å². The summed E-state index contributed by atoms with van der Waals surface area (Å²) in [6.07, 6.45) is -3.58. The highest BCUT2D eigenvalue weighted by molar-refractivity contribution is 6.43. The fourth-order valence-electron chi connectivity index (χ4n) is 2.29. The van der Waals surface area contributed by atoms with E-state index in [2.05, 4.69) is 16.9 Å². The minimum atomic E-state index is -4.70. The minimum Gasteiger partial charge on any atom is -0.329 e. The third-order valence-electron chi connectivity index (χ3n) is 3.72. The highest BCUT2D eigenvalue weighted by Crippen LogP contribution is 2.36. The van der Waals surface area contributed by atoms with Gasteiger partial charge in [-0.05, 0) is 25.1 Å². The van der Waals surface area contributed by atoms with Gasteiger partial charge in [-0.1, -0.05) is 35.8 Å². The molecule has 0 unspecified atom stereocenters. The number of nitrogens with zero attached hydrogens (tertiary/aromatic N) is 3. The summed E-state index contributed by atoms with van der Waals surface area (Å²) >= 11 is 12.2. The zero-order chi connectivity index (χ0) is 21.2. The smallest absolute Gasteiger partial charge is 0.329 e. The van der Waals surface area contributed by atoms with Crippen LogP contribution in [0.25, 0.3) is 5.57 Å². The van der Waals surface area contributed by atoms with E-state index in [1.54, 1.807) is 6.07 Å². The van der Waals surface area contributed by atoms with Crippen molar-refractivity contribution in [2.45, 2.75) is 19.1 Å². The normalized spacial score (nSPS) is 19.2. The van der Waals surface area contributed by atoms with Crippen molar-refractivity contribution in [2.75, 3.05) is 0 Å². The largest absolute Gasteiger partial charge is 0.410 e. The van der Waals surface area contributed by atoms with Gasteiger partial charge in [0.2, 0.25) is 0 Å². The van der Waals surface area contributed by atoms with Crippen LogP contribution in [0.2, 0.25) is 5.02 Å². The van der Waals surface area contributed by atoms with E-state index in [-0.39, 0.29) is 32.7 Å². The number of halogens is 6. The number of aliphatic imine (C=N–C) groups is 1. The molecule has 1 aliphatic rings. The molecule has 0 aromatic heterocycles. The van der Waals surface area contributed by atoms with Crippen molar-refractivity contribution < 1.29 is 17.6 Å². The molecule has 1 atom stereocenters. The Balaban J connectivity index is 2.85. The van der Waals surface area contributed by atoms with Crippen LogP contribution in [0.1, 0.15) is 12.5 Å². The summed E-state index contributed by atoms with van der Waals surface area (Å²) in [6.45, 7) is 4.23. The summed E-state index contributed by atoms with van der Waals surface area (Å²) in [4.78, 5) is 3.59. The Morgan fingerprint density at radius 2 is 2.07 bits per heavy atom. The molecular formula is C17H13Cl2F4N5. The molecule has 5 nitrogen and oxygen atoms in total. The van der Waals surface area contributed by atoms with Gasteiger partial charge in [0.25, 0.3) is 0 Å². The Morgan fingerprint density at radius 3 is 2.57 bits per heavy atom. The molecule has 0 amide bonds. The number of nitriles is 1. The highest BCUT2D eigenvalue weighted by atomic mass is 35.5. The average Bonchev–Trinajstić information content (AvgIpc) is 2.60. The summed E-state index contributed by atoms with van der Waals surface area (Å²) in [5.41, 5.74) is -0.693. The molecule has 1 heterocycles. The monoisotopic (exact) mass is 433 g/mol. The molecule has 0 aliphatic carbocycles.